The Morgan fingerprint density at radius 3 is 2.87 bits per heavy atom. The van der Waals surface area contributed by atoms with Crippen molar-refractivity contribution in [2.24, 2.45) is 7.05 Å². The number of nitrogens with zero attached hydrogens (tertiary/aromatic N) is 1. The van der Waals surface area contributed by atoms with Crippen molar-refractivity contribution in [3.05, 3.63) is 35.0 Å². The first-order chi connectivity index (χ1) is 7.13. The number of fused-ring (bicyclic) bond motifs is 1. The zero-order valence-corrected chi connectivity index (χ0v) is 9.76. The maximum absolute atomic E-state index is 9.62. The van der Waals surface area contributed by atoms with Gasteiger partial charge in [0.1, 0.15) is 0 Å². The van der Waals surface area contributed by atoms with Crippen LogP contribution in [0.2, 0.25) is 5.02 Å². The number of aliphatic hydroxyl groups excluding tert-OH is 1. The highest BCUT2D eigenvalue weighted by atomic mass is 35.5. The fourth-order valence-electron chi connectivity index (χ4n) is 1.69. The number of aliphatic hydroxyl groups is 1. The Morgan fingerprint density at radius 2 is 2.20 bits per heavy atom. The van der Waals surface area contributed by atoms with E-state index in [1.807, 2.05) is 29.9 Å². The van der Waals surface area contributed by atoms with Crippen molar-refractivity contribution >= 4 is 34.1 Å². The van der Waals surface area contributed by atoms with Gasteiger partial charge in [0.15, 0.2) is 0 Å². The molecule has 0 fully saturated rings. The van der Waals surface area contributed by atoms with Crippen molar-refractivity contribution in [1.82, 2.24) is 4.57 Å². The van der Waals surface area contributed by atoms with Gasteiger partial charge < -0.3 is 9.67 Å². The van der Waals surface area contributed by atoms with Crippen LogP contribution in [0.5, 0.6) is 0 Å². The van der Waals surface area contributed by atoms with Crippen LogP contribution in [0.15, 0.2) is 24.4 Å². The molecule has 0 bridgehead atoms. The summed E-state index contributed by atoms with van der Waals surface area (Å²) in [4.78, 5) is 0. The van der Waals surface area contributed by atoms with Gasteiger partial charge in [0.25, 0.3) is 0 Å². The van der Waals surface area contributed by atoms with Gasteiger partial charge in [0.05, 0.1) is 22.5 Å². The molecule has 80 valence electrons. The Balaban J connectivity index is 2.63. The van der Waals surface area contributed by atoms with Crippen molar-refractivity contribution in [3.8, 4) is 0 Å². The highest BCUT2D eigenvalue weighted by Gasteiger charge is 2.10. The second-order valence-electron chi connectivity index (χ2n) is 3.54. The van der Waals surface area contributed by atoms with Crippen LogP contribution in [0.25, 0.3) is 10.9 Å². The van der Waals surface area contributed by atoms with Gasteiger partial charge in [-0.2, -0.15) is 0 Å². The summed E-state index contributed by atoms with van der Waals surface area (Å²) in [5.41, 5.74) is 1.73. The quantitative estimate of drug-likeness (QED) is 0.807. The number of rotatable bonds is 2. The van der Waals surface area contributed by atoms with Gasteiger partial charge in [0.2, 0.25) is 0 Å². The molecular weight excluding hydrogens is 233 g/mol. The predicted molar refractivity (Wildman–Crippen MR) is 63.6 cm³/mol. The fourth-order valence-corrected chi connectivity index (χ4v) is 2.24. The van der Waals surface area contributed by atoms with Gasteiger partial charge in [0, 0.05) is 18.6 Å². The molecule has 4 heteroatoms. The molecular formula is C11H11Cl2NO. The summed E-state index contributed by atoms with van der Waals surface area (Å²) in [6.07, 6.45) is 1.28. The van der Waals surface area contributed by atoms with Crippen LogP contribution in [0.1, 0.15) is 11.7 Å². The van der Waals surface area contributed by atoms with E-state index in [0.29, 0.717) is 5.02 Å². The first kappa shape index (κ1) is 10.8. The maximum atomic E-state index is 9.62. The Labute approximate surface area is 98.0 Å². The smallest absolute Gasteiger partial charge is 0.0926 e. The van der Waals surface area contributed by atoms with E-state index in [1.165, 1.54) is 0 Å². The summed E-state index contributed by atoms with van der Waals surface area (Å²) in [5.74, 6) is 0.175. The van der Waals surface area contributed by atoms with Crippen LogP contribution >= 0.6 is 23.2 Å². The minimum atomic E-state index is -0.659. The maximum Gasteiger partial charge on any atom is 0.0926 e. The minimum Gasteiger partial charge on any atom is -0.387 e. The average Bonchev–Trinajstić information content (AvgIpc) is 2.59. The highest BCUT2D eigenvalue weighted by Crippen LogP contribution is 2.28. The number of hydrogen-bond acceptors (Lipinski definition) is 1. The third-order valence-electron chi connectivity index (χ3n) is 2.48. The van der Waals surface area contributed by atoms with Gasteiger partial charge in [-0.25, -0.2) is 0 Å². The first-order valence-corrected chi connectivity index (χ1v) is 5.53. The zero-order valence-electron chi connectivity index (χ0n) is 8.24. The lowest BCUT2D eigenvalue weighted by molar-refractivity contribution is 0.203. The summed E-state index contributed by atoms with van der Waals surface area (Å²) in [5, 5.41) is 11.3. The van der Waals surface area contributed by atoms with E-state index in [1.54, 1.807) is 6.07 Å². The molecule has 0 radical (unpaired) electrons. The molecule has 0 aliphatic rings. The summed E-state index contributed by atoms with van der Waals surface area (Å²) in [7, 11) is 1.94. The molecule has 0 aliphatic carbocycles. The third-order valence-corrected chi connectivity index (χ3v) is 3.06. The Kier molecular flexibility index (Phi) is 2.91. The molecule has 15 heavy (non-hydrogen) atoms. The summed E-state index contributed by atoms with van der Waals surface area (Å²) in [6.45, 7) is 0. The molecule has 1 aromatic carbocycles. The fraction of sp³-hybridized carbons (Fsp3) is 0.273. The van der Waals surface area contributed by atoms with Crippen molar-refractivity contribution in [3.63, 3.8) is 0 Å². The Morgan fingerprint density at radius 1 is 1.47 bits per heavy atom. The molecule has 0 spiro atoms. The Bertz CT molecular complexity index is 493. The van der Waals surface area contributed by atoms with Crippen LogP contribution in [-0.2, 0) is 7.05 Å². The molecule has 0 amide bonds. The van der Waals surface area contributed by atoms with E-state index >= 15 is 0 Å². The Hall–Kier alpha value is -0.700. The number of hydrogen-bond donors (Lipinski definition) is 1. The average molecular weight is 244 g/mol. The predicted octanol–water partition coefficient (Wildman–Crippen LogP) is 3.10. The van der Waals surface area contributed by atoms with E-state index < -0.39 is 6.10 Å². The summed E-state index contributed by atoms with van der Waals surface area (Å²) in [6, 6.07) is 5.64. The van der Waals surface area contributed by atoms with Crippen molar-refractivity contribution in [2.75, 3.05) is 5.88 Å². The van der Waals surface area contributed by atoms with E-state index in [0.717, 1.165) is 16.5 Å². The number of aryl methyl sites for hydroxylation is 1. The van der Waals surface area contributed by atoms with Crippen molar-refractivity contribution < 1.29 is 5.11 Å². The molecule has 1 N–H and O–H groups in total. The highest BCUT2D eigenvalue weighted by molar-refractivity contribution is 6.35. The van der Waals surface area contributed by atoms with Gasteiger partial charge >= 0.3 is 0 Å². The lowest BCUT2D eigenvalue weighted by Crippen LogP contribution is -1.98. The second kappa shape index (κ2) is 4.05. The largest absolute Gasteiger partial charge is 0.387 e. The molecule has 1 heterocycles. The van der Waals surface area contributed by atoms with Crippen LogP contribution in [0, 0.1) is 0 Å². The third kappa shape index (κ3) is 1.85. The van der Waals surface area contributed by atoms with Gasteiger partial charge in [-0.3, -0.25) is 0 Å². The van der Waals surface area contributed by atoms with Crippen molar-refractivity contribution in [1.29, 1.82) is 0 Å². The second-order valence-corrected chi connectivity index (χ2v) is 4.25. The first-order valence-electron chi connectivity index (χ1n) is 4.62. The molecule has 1 aromatic heterocycles. The lowest BCUT2D eigenvalue weighted by atomic mass is 10.1. The standard InChI is InChI=1S/C11H11Cl2NO/c1-14-3-2-7-4-8(10(15)6-12)5-9(13)11(7)14/h2-5,10,15H,6H2,1H3. The molecule has 1 atom stereocenters. The number of aromatic nitrogens is 1. The summed E-state index contributed by atoms with van der Waals surface area (Å²) >= 11 is 11.7. The van der Waals surface area contributed by atoms with E-state index in [2.05, 4.69) is 0 Å². The number of alkyl halides is 1. The van der Waals surface area contributed by atoms with Crippen LogP contribution in [0.4, 0.5) is 0 Å². The van der Waals surface area contributed by atoms with Gasteiger partial charge in [-0.05, 0) is 23.8 Å². The molecule has 0 aliphatic heterocycles. The van der Waals surface area contributed by atoms with Gasteiger partial charge in [-0.1, -0.05) is 11.6 Å². The zero-order chi connectivity index (χ0) is 11.0. The molecule has 2 rings (SSSR count). The van der Waals surface area contributed by atoms with E-state index in [4.69, 9.17) is 23.2 Å². The monoisotopic (exact) mass is 243 g/mol. The number of halogens is 2. The molecule has 2 aromatic rings. The van der Waals surface area contributed by atoms with Gasteiger partial charge in [-0.15, -0.1) is 11.6 Å². The SMILES string of the molecule is Cn1ccc2cc(C(O)CCl)cc(Cl)c21. The minimum absolute atomic E-state index is 0.175. The van der Waals surface area contributed by atoms with Crippen LogP contribution in [0.3, 0.4) is 0 Å². The summed E-state index contributed by atoms with van der Waals surface area (Å²) < 4.78 is 1.95. The van der Waals surface area contributed by atoms with E-state index in [9.17, 15) is 5.11 Å². The van der Waals surface area contributed by atoms with Crippen molar-refractivity contribution in [2.45, 2.75) is 6.10 Å². The molecule has 1 unspecified atom stereocenters. The normalized spacial score (nSPS) is 13.3. The topological polar surface area (TPSA) is 25.2 Å². The van der Waals surface area contributed by atoms with Crippen LogP contribution in [-0.4, -0.2) is 15.6 Å². The lowest BCUT2D eigenvalue weighted by Gasteiger charge is -2.09. The van der Waals surface area contributed by atoms with Crippen LogP contribution < -0.4 is 0 Å². The molecule has 2 nitrogen and oxygen atoms in total. The molecule has 0 saturated heterocycles. The van der Waals surface area contributed by atoms with E-state index in [-0.39, 0.29) is 5.88 Å². The number of benzene rings is 1. The molecule has 0 saturated carbocycles.